The van der Waals surface area contributed by atoms with Crippen molar-refractivity contribution in [2.24, 2.45) is 11.7 Å². The van der Waals surface area contributed by atoms with Crippen molar-refractivity contribution in [1.29, 1.82) is 0 Å². The SMILES string of the molecule is CCCC1CCN(CC(N)c2ccc(OC)cc2)CC1. The van der Waals surface area contributed by atoms with Crippen LogP contribution >= 0.6 is 0 Å². The van der Waals surface area contributed by atoms with Crippen LogP contribution in [-0.2, 0) is 0 Å². The van der Waals surface area contributed by atoms with Gasteiger partial charge in [0.15, 0.2) is 0 Å². The van der Waals surface area contributed by atoms with Crippen LogP contribution in [0.2, 0.25) is 0 Å². The first kappa shape index (κ1) is 15.3. The summed E-state index contributed by atoms with van der Waals surface area (Å²) in [7, 11) is 1.69. The van der Waals surface area contributed by atoms with Crippen molar-refractivity contribution in [2.75, 3.05) is 26.7 Å². The van der Waals surface area contributed by atoms with Gasteiger partial charge in [-0.2, -0.15) is 0 Å². The predicted molar refractivity (Wildman–Crippen MR) is 84.0 cm³/mol. The van der Waals surface area contributed by atoms with Gasteiger partial charge in [-0.15, -0.1) is 0 Å². The first-order valence-electron chi connectivity index (χ1n) is 7.84. The monoisotopic (exact) mass is 276 g/mol. The predicted octanol–water partition coefficient (Wildman–Crippen LogP) is 3.21. The zero-order valence-electron chi connectivity index (χ0n) is 12.8. The Kier molecular flexibility index (Phi) is 5.86. The van der Waals surface area contributed by atoms with Crippen LogP contribution in [0.25, 0.3) is 0 Å². The summed E-state index contributed by atoms with van der Waals surface area (Å²) in [6.07, 6.45) is 5.38. The zero-order chi connectivity index (χ0) is 14.4. The van der Waals surface area contributed by atoms with Gasteiger partial charge in [0, 0.05) is 12.6 Å². The summed E-state index contributed by atoms with van der Waals surface area (Å²) in [4.78, 5) is 2.51. The minimum absolute atomic E-state index is 0.101. The fraction of sp³-hybridized carbons (Fsp3) is 0.647. The molecular formula is C17H28N2O. The molecule has 20 heavy (non-hydrogen) atoms. The zero-order valence-corrected chi connectivity index (χ0v) is 12.8. The summed E-state index contributed by atoms with van der Waals surface area (Å²) >= 11 is 0. The highest BCUT2D eigenvalue weighted by atomic mass is 16.5. The Morgan fingerprint density at radius 1 is 1.25 bits per heavy atom. The van der Waals surface area contributed by atoms with Gasteiger partial charge in [0.1, 0.15) is 5.75 Å². The largest absolute Gasteiger partial charge is 0.497 e. The second-order valence-corrected chi connectivity index (χ2v) is 5.91. The molecule has 2 rings (SSSR count). The molecule has 3 heteroatoms. The van der Waals surface area contributed by atoms with Gasteiger partial charge in [-0.05, 0) is 49.5 Å². The second kappa shape index (κ2) is 7.65. The average Bonchev–Trinajstić information content (AvgIpc) is 2.49. The topological polar surface area (TPSA) is 38.5 Å². The summed E-state index contributed by atoms with van der Waals surface area (Å²) in [6, 6.07) is 8.23. The molecule has 1 atom stereocenters. The van der Waals surface area contributed by atoms with Gasteiger partial charge in [0.25, 0.3) is 0 Å². The van der Waals surface area contributed by atoms with Gasteiger partial charge in [0.2, 0.25) is 0 Å². The van der Waals surface area contributed by atoms with E-state index in [1.54, 1.807) is 7.11 Å². The van der Waals surface area contributed by atoms with Crippen LogP contribution < -0.4 is 10.5 Å². The third-order valence-electron chi connectivity index (χ3n) is 4.40. The number of benzene rings is 1. The Morgan fingerprint density at radius 2 is 1.90 bits per heavy atom. The van der Waals surface area contributed by atoms with Crippen molar-refractivity contribution in [3.8, 4) is 5.75 Å². The molecular weight excluding hydrogens is 248 g/mol. The molecule has 0 spiro atoms. The lowest BCUT2D eigenvalue weighted by atomic mass is 9.92. The molecule has 1 aliphatic heterocycles. The second-order valence-electron chi connectivity index (χ2n) is 5.91. The highest BCUT2D eigenvalue weighted by molar-refractivity contribution is 5.29. The highest BCUT2D eigenvalue weighted by Gasteiger charge is 2.20. The Balaban J connectivity index is 1.81. The lowest BCUT2D eigenvalue weighted by Crippen LogP contribution is -2.38. The summed E-state index contributed by atoms with van der Waals surface area (Å²) in [6.45, 7) is 5.65. The van der Waals surface area contributed by atoms with Crippen LogP contribution in [0.15, 0.2) is 24.3 Å². The summed E-state index contributed by atoms with van der Waals surface area (Å²) in [5, 5.41) is 0. The summed E-state index contributed by atoms with van der Waals surface area (Å²) in [5.74, 6) is 1.83. The maximum atomic E-state index is 6.33. The Bertz CT molecular complexity index is 382. The van der Waals surface area contributed by atoms with Crippen LogP contribution in [0.4, 0.5) is 0 Å². The number of piperidine rings is 1. The molecule has 0 aliphatic carbocycles. The molecule has 1 aliphatic rings. The van der Waals surface area contributed by atoms with Gasteiger partial charge < -0.3 is 15.4 Å². The molecule has 0 aromatic heterocycles. The van der Waals surface area contributed by atoms with Crippen molar-refractivity contribution in [2.45, 2.75) is 38.6 Å². The van der Waals surface area contributed by atoms with Crippen LogP contribution in [0.3, 0.4) is 0 Å². The average molecular weight is 276 g/mol. The molecule has 0 radical (unpaired) electrons. The number of likely N-dealkylation sites (tertiary alicyclic amines) is 1. The maximum absolute atomic E-state index is 6.33. The third-order valence-corrected chi connectivity index (χ3v) is 4.40. The molecule has 1 heterocycles. The standard InChI is InChI=1S/C17H28N2O/c1-3-4-14-9-11-19(12-10-14)13-17(18)15-5-7-16(20-2)8-6-15/h5-8,14,17H,3-4,9-13,18H2,1-2H3. The number of hydrogen-bond donors (Lipinski definition) is 1. The molecule has 0 amide bonds. The molecule has 1 aromatic carbocycles. The van der Waals surface area contributed by atoms with E-state index in [9.17, 15) is 0 Å². The Hall–Kier alpha value is -1.06. The number of ether oxygens (including phenoxy) is 1. The minimum atomic E-state index is 0.101. The van der Waals surface area contributed by atoms with Gasteiger partial charge in [0.05, 0.1) is 7.11 Å². The number of rotatable bonds is 6. The molecule has 112 valence electrons. The molecule has 2 N–H and O–H groups in total. The van der Waals surface area contributed by atoms with E-state index in [2.05, 4.69) is 24.0 Å². The van der Waals surface area contributed by atoms with Crippen molar-refractivity contribution < 1.29 is 4.74 Å². The van der Waals surface area contributed by atoms with E-state index in [-0.39, 0.29) is 6.04 Å². The van der Waals surface area contributed by atoms with Crippen molar-refractivity contribution in [1.82, 2.24) is 4.90 Å². The lowest BCUT2D eigenvalue weighted by Gasteiger charge is -2.33. The van der Waals surface area contributed by atoms with E-state index in [1.165, 1.54) is 44.3 Å². The van der Waals surface area contributed by atoms with Crippen molar-refractivity contribution in [3.63, 3.8) is 0 Å². The fourth-order valence-corrected chi connectivity index (χ4v) is 3.10. The van der Waals surface area contributed by atoms with Crippen LogP contribution in [0, 0.1) is 5.92 Å². The third kappa shape index (κ3) is 4.22. The molecule has 1 aromatic rings. The van der Waals surface area contributed by atoms with Crippen LogP contribution in [0.1, 0.15) is 44.2 Å². The van der Waals surface area contributed by atoms with Gasteiger partial charge in [-0.1, -0.05) is 31.9 Å². The molecule has 1 unspecified atom stereocenters. The quantitative estimate of drug-likeness (QED) is 0.867. The number of hydrogen-bond acceptors (Lipinski definition) is 3. The van der Waals surface area contributed by atoms with Crippen LogP contribution in [0.5, 0.6) is 5.75 Å². The van der Waals surface area contributed by atoms with Gasteiger partial charge in [-0.25, -0.2) is 0 Å². The maximum Gasteiger partial charge on any atom is 0.118 e. The van der Waals surface area contributed by atoms with E-state index in [0.717, 1.165) is 18.2 Å². The van der Waals surface area contributed by atoms with E-state index in [1.807, 2.05) is 12.1 Å². The number of nitrogens with two attached hydrogens (primary N) is 1. The molecule has 0 bridgehead atoms. The van der Waals surface area contributed by atoms with E-state index in [0.29, 0.717) is 0 Å². The number of nitrogens with zero attached hydrogens (tertiary/aromatic N) is 1. The number of methoxy groups -OCH3 is 1. The van der Waals surface area contributed by atoms with Gasteiger partial charge in [-0.3, -0.25) is 0 Å². The van der Waals surface area contributed by atoms with E-state index in [4.69, 9.17) is 10.5 Å². The normalized spacial score (nSPS) is 18.9. The van der Waals surface area contributed by atoms with E-state index < -0.39 is 0 Å². The van der Waals surface area contributed by atoms with Gasteiger partial charge >= 0.3 is 0 Å². The molecule has 0 saturated carbocycles. The Morgan fingerprint density at radius 3 is 2.45 bits per heavy atom. The smallest absolute Gasteiger partial charge is 0.118 e. The van der Waals surface area contributed by atoms with Crippen LogP contribution in [-0.4, -0.2) is 31.6 Å². The van der Waals surface area contributed by atoms with Crippen molar-refractivity contribution >= 4 is 0 Å². The van der Waals surface area contributed by atoms with E-state index >= 15 is 0 Å². The first-order chi connectivity index (χ1) is 9.72. The van der Waals surface area contributed by atoms with Crippen molar-refractivity contribution in [3.05, 3.63) is 29.8 Å². The first-order valence-corrected chi connectivity index (χ1v) is 7.84. The Labute approximate surface area is 123 Å². The molecule has 1 fully saturated rings. The molecule has 3 nitrogen and oxygen atoms in total. The minimum Gasteiger partial charge on any atom is -0.497 e. The highest BCUT2D eigenvalue weighted by Crippen LogP contribution is 2.23. The summed E-state index contributed by atoms with van der Waals surface area (Å²) in [5.41, 5.74) is 7.52. The summed E-state index contributed by atoms with van der Waals surface area (Å²) < 4.78 is 5.18. The fourth-order valence-electron chi connectivity index (χ4n) is 3.10. The molecule has 1 saturated heterocycles. The lowest BCUT2D eigenvalue weighted by molar-refractivity contribution is 0.170.